The van der Waals surface area contributed by atoms with Gasteiger partial charge in [0.25, 0.3) is 5.91 Å². The summed E-state index contributed by atoms with van der Waals surface area (Å²) in [5, 5.41) is 5.08. The van der Waals surface area contributed by atoms with E-state index < -0.39 is 17.5 Å². The van der Waals surface area contributed by atoms with E-state index in [9.17, 15) is 18.0 Å². The van der Waals surface area contributed by atoms with Gasteiger partial charge in [-0.2, -0.15) is 5.10 Å². The first-order valence-electron chi connectivity index (χ1n) is 9.64. The Bertz CT molecular complexity index is 1170. The summed E-state index contributed by atoms with van der Waals surface area (Å²) in [6, 6.07) is 8.54. The summed E-state index contributed by atoms with van der Waals surface area (Å²) < 4.78 is 42.7. The van der Waals surface area contributed by atoms with Crippen molar-refractivity contribution in [2.75, 3.05) is 0 Å². The summed E-state index contributed by atoms with van der Waals surface area (Å²) in [4.78, 5) is 15.0. The highest BCUT2D eigenvalue weighted by molar-refractivity contribution is 6.31. The first kappa shape index (κ1) is 19.2. The quantitative estimate of drug-likeness (QED) is 0.532. The van der Waals surface area contributed by atoms with E-state index in [0.29, 0.717) is 22.7 Å². The molecule has 0 radical (unpaired) electrons. The molecular weight excluding hydrogens is 415 g/mol. The molecule has 30 heavy (non-hydrogen) atoms. The number of nitrogens with zero attached hydrogens (tertiary/aromatic N) is 3. The Balaban J connectivity index is 1.57. The normalized spacial score (nSPS) is 19.8. The minimum absolute atomic E-state index is 0.0490. The number of hydrogen-bond acceptors (Lipinski definition) is 2. The van der Waals surface area contributed by atoms with Gasteiger partial charge in [-0.25, -0.2) is 13.2 Å². The smallest absolute Gasteiger partial charge is 0.254 e. The van der Waals surface area contributed by atoms with Gasteiger partial charge in [0, 0.05) is 34.8 Å². The Labute approximate surface area is 175 Å². The maximum absolute atomic E-state index is 13.8. The molecule has 1 fully saturated rings. The molecule has 4 nitrogen and oxygen atoms in total. The molecular formula is C22H17ClF3N3O. The Morgan fingerprint density at radius 3 is 2.57 bits per heavy atom. The zero-order chi connectivity index (χ0) is 21.2. The van der Waals surface area contributed by atoms with Crippen LogP contribution in [0, 0.1) is 17.5 Å². The molecule has 2 atom stereocenters. The van der Waals surface area contributed by atoms with Crippen molar-refractivity contribution in [3.05, 3.63) is 75.7 Å². The number of amides is 1. The van der Waals surface area contributed by atoms with Gasteiger partial charge in [-0.3, -0.25) is 9.48 Å². The molecule has 3 heterocycles. The monoisotopic (exact) mass is 431 g/mol. The molecule has 0 saturated carbocycles. The second-order valence-electron chi connectivity index (χ2n) is 7.76. The molecule has 0 N–H and O–H groups in total. The van der Waals surface area contributed by atoms with Crippen molar-refractivity contribution in [2.24, 2.45) is 7.05 Å². The molecule has 2 aliphatic rings. The molecule has 2 aliphatic heterocycles. The third-order valence-electron chi connectivity index (χ3n) is 6.00. The number of fused-ring (bicyclic) bond motifs is 4. The fraction of sp³-hybridized carbons (Fsp3) is 0.273. The molecule has 5 rings (SSSR count). The van der Waals surface area contributed by atoms with E-state index in [1.807, 2.05) is 4.90 Å². The lowest BCUT2D eigenvalue weighted by molar-refractivity contribution is 0.0642. The Hall–Kier alpha value is -2.80. The van der Waals surface area contributed by atoms with Crippen molar-refractivity contribution in [1.29, 1.82) is 0 Å². The zero-order valence-corrected chi connectivity index (χ0v) is 16.8. The standard InChI is InChI=1S/C22H17ClF3N3O/c1-28-21(12-8-16(24)19(26)17(25)9-12)15-10-14-5-6-18(20(15)27-28)29(14)22(30)11-3-2-4-13(23)7-11/h2-4,7-9,14,18H,5-6,10H2,1H3/t14-,18+/m0/s1. The fourth-order valence-electron chi connectivity index (χ4n) is 4.78. The zero-order valence-electron chi connectivity index (χ0n) is 16.0. The average Bonchev–Trinajstić information content (AvgIpc) is 3.21. The maximum Gasteiger partial charge on any atom is 0.254 e. The van der Waals surface area contributed by atoms with Gasteiger partial charge in [-0.05, 0) is 49.6 Å². The SMILES string of the molecule is Cn1nc2c(c1-c1cc(F)c(F)c(F)c1)C[C@@H]1CC[C@H]2N1C(=O)c1cccc(Cl)c1. The number of rotatable bonds is 2. The van der Waals surface area contributed by atoms with E-state index in [0.717, 1.165) is 36.2 Å². The number of aryl methyl sites for hydroxylation is 1. The summed E-state index contributed by atoms with van der Waals surface area (Å²) in [5.74, 6) is -4.08. The van der Waals surface area contributed by atoms with Crippen LogP contribution in [0.5, 0.6) is 0 Å². The highest BCUT2D eigenvalue weighted by Crippen LogP contribution is 2.46. The molecule has 8 heteroatoms. The summed E-state index contributed by atoms with van der Waals surface area (Å²) in [7, 11) is 1.68. The fourth-order valence-corrected chi connectivity index (χ4v) is 4.97. The first-order valence-corrected chi connectivity index (χ1v) is 10.0. The van der Waals surface area contributed by atoms with Crippen molar-refractivity contribution in [3.63, 3.8) is 0 Å². The maximum atomic E-state index is 13.8. The van der Waals surface area contributed by atoms with E-state index in [1.54, 1.807) is 36.0 Å². The van der Waals surface area contributed by atoms with Crippen LogP contribution in [0.4, 0.5) is 13.2 Å². The van der Waals surface area contributed by atoms with Crippen LogP contribution in [0.1, 0.15) is 40.5 Å². The lowest BCUT2D eigenvalue weighted by atomic mass is 9.94. The molecule has 0 unspecified atom stereocenters. The van der Waals surface area contributed by atoms with E-state index in [4.69, 9.17) is 11.6 Å². The second-order valence-corrected chi connectivity index (χ2v) is 8.20. The van der Waals surface area contributed by atoms with Crippen LogP contribution in [-0.2, 0) is 13.5 Å². The lowest BCUT2D eigenvalue weighted by Gasteiger charge is -2.34. The van der Waals surface area contributed by atoms with Gasteiger partial charge in [0.1, 0.15) is 0 Å². The van der Waals surface area contributed by atoms with Gasteiger partial charge in [0.05, 0.1) is 17.4 Å². The van der Waals surface area contributed by atoms with Gasteiger partial charge >= 0.3 is 0 Å². The molecule has 154 valence electrons. The van der Waals surface area contributed by atoms with Crippen molar-refractivity contribution < 1.29 is 18.0 Å². The Morgan fingerprint density at radius 2 is 1.87 bits per heavy atom. The predicted molar refractivity (Wildman–Crippen MR) is 106 cm³/mol. The van der Waals surface area contributed by atoms with E-state index in [-0.39, 0.29) is 23.6 Å². The van der Waals surface area contributed by atoms with Crippen molar-refractivity contribution >= 4 is 17.5 Å². The van der Waals surface area contributed by atoms with Crippen molar-refractivity contribution in [1.82, 2.24) is 14.7 Å². The van der Waals surface area contributed by atoms with Gasteiger partial charge < -0.3 is 4.90 Å². The van der Waals surface area contributed by atoms with E-state index >= 15 is 0 Å². The Morgan fingerprint density at radius 1 is 1.13 bits per heavy atom. The number of hydrogen-bond donors (Lipinski definition) is 0. The number of aromatic nitrogens is 2. The van der Waals surface area contributed by atoms with Crippen LogP contribution in [0.25, 0.3) is 11.3 Å². The van der Waals surface area contributed by atoms with E-state index in [1.165, 1.54) is 0 Å². The van der Waals surface area contributed by atoms with Gasteiger partial charge in [-0.15, -0.1) is 0 Å². The Kier molecular flexibility index (Phi) is 4.39. The topological polar surface area (TPSA) is 38.1 Å². The van der Waals surface area contributed by atoms with Crippen LogP contribution in [0.15, 0.2) is 36.4 Å². The molecule has 3 aromatic rings. The lowest BCUT2D eigenvalue weighted by Crippen LogP contribution is -2.41. The van der Waals surface area contributed by atoms with Crippen LogP contribution >= 0.6 is 11.6 Å². The molecule has 2 bridgehead atoms. The first-order chi connectivity index (χ1) is 14.3. The van der Waals surface area contributed by atoms with Crippen molar-refractivity contribution in [2.45, 2.75) is 31.3 Å². The predicted octanol–water partition coefficient (Wildman–Crippen LogP) is 5.06. The summed E-state index contributed by atoms with van der Waals surface area (Å²) >= 11 is 6.05. The number of halogens is 4. The van der Waals surface area contributed by atoms with Gasteiger partial charge in [-0.1, -0.05) is 17.7 Å². The highest BCUT2D eigenvalue weighted by Gasteiger charge is 2.45. The molecule has 0 spiro atoms. The average molecular weight is 432 g/mol. The van der Waals surface area contributed by atoms with E-state index in [2.05, 4.69) is 5.10 Å². The minimum atomic E-state index is -1.49. The van der Waals surface area contributed by atoms with Crippen LogP contribution in [-0.4, -0.2) is 26.6 Å². The third-order valence-corrected chi connectivity index (χ3v) is 6.23. The largest absolute Gasteiger partial charge is 0.327 e. The van der Waals surface area contributed by atoms with Crippen LogP contribution in [0.2, 0.25) is 5.02 Å². The number of benzene rings is 2. The van der Waals surface area contributed by atoms with Gasteiger partial charge in [0.2, 0.25) is 0 Å². The molecule has 1 amide bonds. The molecule has 1 saturated heterocycles. The van der Waals surface area contributed by atoms with Crippen LogP contribution < -0.4 is 0 Å². The van der Waals surface area contributed by atoms with Crippen LogP contribution in [0.3, 0.4) is 0 Å². The second kappa shape index (κ2) is 6.87. The highest BCUT2D eigenvalue weighted by atomic mass is 35.5. The van der Waals surface area contributed by atoms with Gasteiger partial charge in [0.15, 0.2) is 17.5 Å². The summed E-state index contributed by atoms with van der Waals surface area (Å²) in [6.07, 6.45) is 2.08. The third kappa shape index (κ3) is 2.83. The molecule has 0 aliphatic carbocycles. The molecule has 2 aromatic carbocycles. The summed E-state index contributed by atoms with van der Waals surface area (Å²) in [6.45, 7) is 0. The van der Waals surface area contributed by atoms with Crippen molar-refractivity contribution in [3.8, 4) is 11.3 Å². The molecule has 1 aromatic heterocycles. The number of carbonyl (C=O) groups excluding carboxylic acids is 1. The number of carbonyl (C=O) groups is 1. The summed E-state index contributed by atoms with van der Waals surface area (Å²) in [5.41, 5.74) is 2.88. The minimum Gasteiger partial charge on any atom is -0.327 e.